The molecule has 6 heteroatoms. The summed E-state index contributed by atoms with van der Waals surface area (Å²) in [4.78, 5) is 16.6. The van der Waals surface area contributed by atoms with Crippen molar-refractivity contribution in [3.05, 3.63) is 53.6 Å². The summed E-state index contributed by atoms with van der Waals surface area (Å²) in [5, 5.41) is 3.02. The topological polar surface area (TPSA) is 44.8 Å². The molecule has 1 aliphatic rings. The third-order valence-corrected chi connectivity index (χ3v) is 5.70. The van der Waals surface area contributed by atoms with E-state index in [0.29, 0.717) is 6.54 Å². The second-order valence-corrected chi connectivity index (χ2v) is 7.96. The standard InChI is InChI=1S/C21H27N3O2S/c1-16-14-18(24-10-12-27-13-11-24)6-9-20(16)22-21(25)23(2)15-17-4-7-19(26-3)8-5-17/h4-9,14H,10-13,15H2,1-3H3,(H,22,25). The molecule has 1 saturated heterocycles. The normalized spacial score (nSPS) is 14.0. The number of nitrogens with zero attached hydrogens (tertiary/aromatic N) is 2. The highest BCUT2D eigenvalue weighted by Crippen LogP contribution is 2.25. The van der Waals surface area contributed by atoms with Crippen LogP contribution < -0.4 is 15.0 Å². The van der Waals surface area contributed by atoms with Gasteiger partial charge in [-0.1, -0.05) is 12.1 Å². The molecule has 0 aromatic heterocycles. The van der Waals surface area contributed by atoms with Gasteiger partial charge < -0.3 is 19.9 Å². The van der Waals surface area contributed by atoms with Crippen molar-refractivity contribution in [2.75, 3.05) is 49.0 Å². The van der Waals surface area contributed by atoms with Gasteiger partial charge in [0.15, 0.2) is 0 Å². The summed E-state index contributed by atoms with van der Waals surface area (Å²) in [5.74, 6) is 3.16. The summed E-state index contributed by atoms with van der Waals surface area (Å²) in [6.07, 6.45) is 0. The Balaban J connectivity index is 1.60. The van der Waals surface area contributed by atoms with E-state index in [2.05, 4.69) is 22.3 Å². The van der Waals surface area contributed by atoms with Gasteiger partial charge in [0.05, 0.1) is 7.11 Å². The third kappa shape index (κ3) is 5.10. The molecule has 1 N–H and O–H groups in total. The molecule has 2 aromatic carbocycles. The van der Waals surface area contributed by atoms with Gasteiger partial charge in [-0.15, -0.1) is 0 Å². The number of hydrogen-bond donors (Lipinski definition) is 1. The molecule has 27 heavy (non-hydrogen) atoms. The maximum absolute atomic E-state index is 12.6. The zero-order valence-corrected chi connectivity index (χ0v) is 17.0. The Morgan fingerprint density at radius 3 is 2.52 bits per heavy atom. The van der Waals surface area contributed by atoms with Gasteiger partial charge >= 0.3 is 6.03 Å². The van der Waals surface area contributed by atoms with E-state index >= 15 is 0 Å². The monoisotopic (exact) mass is 385 g/mol. The van der Waals surface area contributed by atoms with Crippen LogP contribution in [0.2, 0.25) is 0 Å². The number of nitrogens with one attached hydrogen (secondary N) is 1. The lowest BCUT2D eigenvalue weighted by Gasteiger charge is -2.29. The molecule has 1 fully saturated rings. The third-order valence-electron chi connectivity index (χ3n) is 4.75. The molecule has 3 rings (SSSR count). The Labute approximate surface area is 165 Å². The van der Waals surface area contributed by atoms with Gasteiger partial charge in [-0.25, -0.2) is 4.79 Å². The quantitative estimate of drug-likeness (QED) is 0.837. The average Bonchev–Trinajstić information content (AvgIpc) is 2.70. The van der Waals surface area contributed by atoms with E-state index in [9.17, 15) is 4.79 Å². The molecule has 2 amide bonds. The molecular weight excluding hydrogens is 358 g/mol. The summed E-state index contributed by atoms with van der Waals surface area (Å²) < 4.78 is 5.17. The maximum Gasteiger partial charge on any atom is 0.321 e. The molecule has 0 bridgehead atoms. The zero-order valence-electron chi connectivity index (χ0n) is 16.2. The molecule has 144 valence electrons. The molecule has 0 saturated carbocycles. The first-order valence-corrected chi connectivity index (χ1v) is 10.3. The van der Waals surface area contributed by atoms with Crippen LogP contribution in [0, 0.1) is 6.92 Å². The number of ether oxygens (including phenoxy) is 1. The molecule has 5 nitrogen and oxygen atoms in total. The fourth-order valence-corrected chi connectivity index (χ4v) is 4.00. The Hall–Kier alpha value is -2.34. The van der Waals surface area contributed by atoms with Crippen LogP contribution in [0.5, 0.6) is 5.75 Å². The van der Waals surface area contributed by atoms with E-state index in [1.54, 1.807) is 19.1 Å². The van der Waals surface area contributed by atoms with Crippen molar-refractivity contribution in [2.45, 2.75) is 13.5 Å². The molecule has 0 radical (unpaired) electrons. The van der Waals surface area contributed by atoms with Crippen LogP contribution in [0.15, 0.2) is 42.5 Å². The number of aryl methyl sites for hydroxylation is 1. The van der Waals surface area contributed by atoms with E-state index in [1.165, 1.54) is 17.2 Å². The maximum atomic E-state index is 12.6. The SMILES string of the molecule is COc1ccc(CN(C)C(=O)Nc2ccc(N3CCSCC3)cc2C)cc1. The molecule has 0 atom stereocenters. The van der Waals surface area contributed by atoms with Crippen LogP contribution in [-0.2, 0) is 6.54 Å². The van der Waals surface area contributed by atoms with E-state index < -0.39 is 0 Å². The fraction of sp³-hybridized carbons (Fsp3) is 0.381. The highest BCUT2D eigenvalue weighted by atomic mass is 32.2. The fourth-order valence-electron chi connectivity index (χ4n) is 3.09. The highest BCUT2D eigenvalue weighted by molar-refractivity contribution is 7.99. The summed E-state index contributed by atoms with van der Waals surface area (Å²) in [6.45, 7) is 4.75. The van der Waals surface area contributed by atoms with Crippen LogP contribution in [0.25, 0.3) is 0 Å². The molecule has 0 unspecified atom stereocenters. The lowest BCUT2D eigenvalue weighted by atomic mass is 10.1. The van der Waals surface area contributed by atoms with Crippen molar-refractivity contribution in [3.63, 3.8) is 0 Å². The summed E-state index contributed by atoms with van der Waals surface area (Å²) >= 11 is 2.00. The van der Waals surface area contributed by atoms with Gasteiger partial charge in [-0.3, -0.25) is 0 Å². The first-order chi connectivity index (χ1) is 13.1. The number of anilines is 2. The summed E-state index contributed by atoms with van der Waals surface area (Å²) in [5.41, 5.74) is 4.23. The molecule has 2 aromatic rings. The lowest BCUT2D eigenvalue weighted by Crippen LogP contribution is -2.32. The van der Waals surface area contributed by atoms with Gasteiger partial charge in [0.25, 0.3) is 0 Å². The predicted molar refractivity (Wildman–Crippen MR) is 114 cm³/mol. The van der Waals surface area contributed by atoms with Gasteiger partial charge in [0.2, 0.25) is 0 Å². The van der Waals surface area contributed by atoms with Crippen molar-refractivity contribution in [1.82, 2.24) is 4.90 Å². The van der Waals surface area contributed by atoms with E-state index in [1.807, 2.05) is 49.0 Å². The van der Waals surface area contributed by atoms with Crippen molar-refractivity contribution >= 4 is 29.2 Å². The number of thioether (sulfide) groups is 1. The van der Waals surface area contributed by atoms with Crippen LogP contribution in [0.3, 0.4) is 0 Å². The van der Waals surface area contributed by atoms with E-state index in [0.717, 1.165) is 35.7 Å². The van der Waals surface area contributed by atoms with Crippen molar-refractivity contribution in [2.24, 2.45) is 0 Å². The zero-order chi connectivity index (χ0) is 19.2. The second-order valence-electron chi connectivity index (χ2n) is 6.73. The Kier molecular flexibility index (Phi) is 6.50. The van der Waals surface area contributed by atoms with E-state index in [-0.39, 0.29) is 6.03 Å². The summed E-state index contributed by atoms with van der Waals surface area (Å²) in [7, 11) is 3.45. The van der Waals surface area contributed by atoms with Gasteiger partial charge in [0, 0.05) is 49.6 Å². The smallest absolute Gasteiger partial charge is 0.321 e. The number of carbonyl (C=O) groups is 1. The van der Waals surface area contributed by atoms with Gasteiger partial charge in [-0.05, 0) is 48.4 Å². The van der Waals surface area contributed by atoms with Crippen molar-refractivity contribution in [1.29, 1.82) is 0 Å². The Morgan fingerprint density at radius 1 is 1.19 bits per heavy atom. The number of amides is 2. The number of benzene rings is 2. The predicted octanol–water partition coefficient (Wildman–Crippen LogP) is 4.22. The first-order valence-electron chi connectivity index (χ1n) is 9.15. The number of hydrogen-bond acceptors (Lipinski definition) is 4. The summed E-state index contributed by atoms with van der Waals surface area (Å²) in [6, 6.07) is 13.9. The minimum absolute atomic E-state index is 0.115. The van der Waals surface area contributed by atoms with Crippen molar-refractivity contribution < 1.29 is 9.53 Å². The molecule has 1 aliphatic heterocycles. The highest BCUT2D eigenvalue weighted by Gasteiger charge is 2.14. The Bertz CT molecular complexity index is 773. The number of rotatable bonds is 5. The number of methoxy groups -OCH3 is 1. The van der Waals surface area contributed by atoms with Gasteiger partial charge in [0.1, 0.15) is 5.75 Å². The average molecular weight is 386 g/mol. The molecule has 1 heterocycles. The van der Waals surface area contributed by atoms with E-state index in [4.69, 9.17) is 4.74 Å². The Morgan fingerprint density at radius 2 is 1.89 bits per heavy atom. The van der Waals surface area contributed by atoms with Crippen molar-refractivity contribution in [3.8, 4) is 5.75 Å². The van der Waals surface area contributed by atoms with Gasteiger partial charge in [-0.2, -0.15) is 11.8 Å². The number of urea groups is 1. The lowest BCUT2D eigenvalue weighted by molar-refractivity contribution is 0.220. The second kappa shape index (κ2) is 9.04. The molecule has 0 aliphatic carbocycles. The number of carbonyl (C=O) groups excluding carboxylic acids is 1. The largest absolute Gasteiger partial charge is 0.497 e. The molecular formula is C21H27N3O2S. The first kappa shape index (κ1) is 19.4. The van der Waals surface area contributed by atoms with Crippen LogP contribution >= 0.6 is 11.8 Å². The van der Waals surface area contributed by atoms with Crippen LogP contribution in [0.4, 0.5) is 16.2 Å². The minimum atomic E-state index is -0.115. The molecule has 0 spiro atoms. The van der Waals surface area contributed by atoms with Crippen LogP contribution in [-0.4, -0.2) is 49.7 Å². The van der Waals surface area contributed by atoms with Crippen LogP contribution in [0.1, 0.15) is 11.1 Å². The minimum Gasteiger partial charge on any atom is -0.497 e.